The van der Waals surface area contributed by atoms with Gasteiger partial charge in [-0.25, -0.2) is 0 Å². The maximum Gasteiger partial charge on any atom is 0.320 e. The van der Waals surface area contributed by atoms with Gasteiger partial charge < -0.3 is 10.2 Å². The van der Waals surface area contributed by atoms with Crippen molar-refractivity contribution >= 4 is 21.9 Å². The molecule has 2 N–H and O–H groups in total. The molecule has 0 aliphatic heterocycles. The highest BCUT2D eigenvalue weighted by atomic mass is 79.9. The highest BCUT2D eigenvalue weighted by Gasteiger charge is 2.17. The van der Waals surface area contributed by atoms with E-state index in [0.29, 0.717) is 12.1 Å². The number of phenols is 1. The average molecular weight is 288 g/mol. The second-order valence-electron chi connectivity index (χ2n) is 3.70. The molecule has 16 heavy (non-hydrogen) atoms. The summed E-state index contributed by atoms with van der Waals surface area (Å²) in [6.45, 7) is 2.00. The molecule has 0 heterocycles. The zero-order valence-corrected chi connectivity index (χ0v) is 10.7. The molecule has 0 fully saturated rings. The predicted molar refractivity (Wildman–Crippen MR) is 64.4 cm³/mol. The normalized spacial score (nSPS) is 12.8. The highest BCUT2D eigenvalue weighted by molar-refractivity contribution is 9.10. The Morgan fingerprint density at radius 2 is 2.19 bits per heavy atom. The Bertz CT molecular complexity index is 395. The van der Waals surface area contributed by atoms with Crippen molar-refractivity contribution in [1.29, 1.82) is 0 Å². The van der Waals surface area contributed by atoms with Crippen molar-refractivity contribution in [2.75, 3.05) is 7.05 Å². The van der Waals surface area contributed by atoms with E-state index in [4.69, 9.17) is 5.11 Å². The van der Waals surface area contributed by atoms with Gasteiger partial charge in [0.05, 0.1) is 0 Å². The van der Waals surface area contributed by atoms with Gasteiger partial charge in [0.1, 0.15) is 11.8 Å². The Kier molecular flexibility index (Phi) is 4.32. The molecule has 0 amide bonds. The van der Waals surface area contributed by atoms with Gasteiger partial charge in [-0.05, 0) is 32.2 Å². The number of carboxylic acid groups (broad SMARTS) is 1. The number of phenolic OH excluding ortho intramolecular Hbond substituents is 1. The standard InChI is InChI=1S/C11H14BrNO3/c1-7(11(15)16)13(2)6-8-5-9(12)3-4-10(8)14/h3-5,7,14H,6H2,1-2H3,(H,15,16). The Morgan fingerprint density at radius 3 is 2.75 bits per heavy atom. The van der Waals surface area contributed by atoms with Crippen molar-refractivity contribution in [3.8, 4) is 5.75 Å². The Labute approximate surface area is 103 Å². The lowest BCUT2D eigenvalue weighted by molar-refractivity contribution is -0.142. The first-order valence-corrected chi connectivity index (χ1v) is 5.61. The minimum atomic E-state index is -0.878. The third-order valence-electron chi connectivity index (χ3n) is 2.48. The largest absolute Gasteiger partial charge is 0.508 e. The summed E-state index contributed by atoms with van der Waals surface area (Å²) in [5, 5.41) is 18.5. The number of aromatic hydroxyl groups is 1. The van der Waals surface area contributed by atoms with Crippen LogP contribution in [-0.4, -0.2) is 34.2 Å². The van der Waals surface area contributed by atoms with Crippen LogP contribution in [0.5, 0.6) is 5.75 Å². The van der Waals surface area contributed by atoms with Crippen LogP contribution in [0.25, 0.3) is 0 Å². The van der Waals surface area contributed by atoms with Crippen LogP contribution in [0, 0.1) is 0 Å². The number of benzene rings is 1. The first-order valence-electron chi connectivity index (χ1n) is 4.82. The summed E-state index contributed by atoms with van der Waals surface area (Å²) in [4.78, 5) is 12.4. The average Bonchev–Trinajstić information content (AvgIpc) is 2.22. The molecule has 0 spiro atoms. The van der Waals surface area contributed by atoms with Crippen molar-refractivity contribution in [1.82, 2.24) is 4.90 Å². The predicted octanol–water partition coefficient (Wildman–Crippen LogP) is 2.06. The minimum Gasteiger partial charge on any atom is -0.508 e. The van der Waals surface area contributed by atoms with E-state index >= 15 is 0 Å². The minimum absolute atomic E-state index is 0.174. The second-order valence-corrected chi connectivity index (χ2v) is 4.62. The van der Waals surface area contributed by atoms with E-state index in [-0.39, 0.29) is 5.75 Å². The Hall–Kier alpha value is -1.07. The lowest BCUT2D eigenvalue weighted by Gasteiger charge is -2.21. The van der Waals surface area contributed by atoms with Crippen LogP contribution in [0.3, 0.4) is 0 Å². The van der Waals surface area contributed by atoms with E-state index in [1.54, 1.807) is 37.1 Å². The maximum absolute atomic E-state index is 10.8. The Balaban J connectivity index is 2.80. The molecule has 88 valence electrons. The molecule has 0 saturated heterocycles. The summed E-state index contributed by atoms with van der Waals surface area (Å²) in [5.74, 6) is -0.704. The van der Waals surface area contributed by atoms with Gasteiger partial charge in [0.2, 0.25) is 0 Å². The number of aliphatic carboxylic acids is 1. The number of likely N-dealkylation sites (N-methyl/N-ethyl adjacent to an activating group) is 1. The van der Waals surface area contributed by atoms with E-state index in [1.165, 1.54) is 0 Å². The summed E-state index contributed by atoms with van der Waals surface area (Å²) < 4.78 is 0.858. The molecular formula is C11H14BrNO3. The fourth-order valence-corrected chi connectivity index (χ4v) is 1.68. The van der Waals surface area contributed by atoms with Crippen LogP contribution in [0.1, 0.15) is 12.5 Å². The van der Waals surface area contributed by atoms with Gasteiger partial charge in [0.15, 0.2) is 0 Å². The topological polar surface area (TPSA) is 60.8 Å². The zero-order valence-electron chi connectivity index (χ0n) is 9.14. The number of hydrogen-bond donors (Lipinski definition) is 2. The molecule has 0 radical (unpaired) electrons. The van der Waals surface area contributed by atoms with Gasteiger partial charge in [-0.2, -0.15) is 0 Å². The number of halogens is 1. The number of carbonyl (C=O) groups is 1. The quantitative estimate of drug-likeness (QED) is 0.890. The lowest BCUT2D eigenvalue weighted by atomic mass is 10.1. The number of carboxylic acids is 1. The molecule has 0 bridgehead atoms. The fourth-order valence-electron chi connectivity index (χ4n) is 1.27. The van der Waals surface area contributed by atoms with Crippen LogP contribution >= 0.6 is 15.9 Å². The van der Waals surface area contributed by atoms with E-state index < -0.39 is 12.0 Å². The summed E-state index contributed by atoms with van der Waals surface area (Å²) in [5.41, 5.74) is 0.699. The van der Waals surface area contributed by atoms with Crippen molar-refractivity contribution < 1.29 is 15.0 Å². The third kappa shape index (κ3) is 3.21. The summed E-state index contributed by atoms with van der Waals surface area (Å²) in [6.07, 6.45) is 0. The first-order chi connectivity index (χ1) is 7.41. The molecule has 0 aromatic heterocycles. The van der Waals surface area contributed by atoms with Crippen molar-refractivity contribution in [3.63, 3.8) is 0 Å². The van der Waals surface area contributed by atoms with Crippen LogP contribution in [0.2, 0.25) is 0 Å². The van der Waals surface area contributed by atoms with Gasteiger partial charge >= 0.3 is 5.97 Å². The molecule has 4 nitrogen and oxygen atoms in total. The van der Waals surface area contributed by atoms with Crippen LogP contribution < -0.4 is 0 Å². The van der Waals surface area contributed by atoms with Crippen molar-refractivity contribution in [2.24, 2.45) is 0 Å². The zero-order chi connectivity index (χ0) is 12.3. The van der Waals surface area contributed by atoms with Crippen LogP contribution in [-0.2, 0) is 11.3 Å². The van der Waals surface area contributed by atoms with Gasteiger partial charge in [0.25, 0.3) is 0 Å². The molecule has 1 rings (SSSR count). The molecule has 1 atom stereocenters. The van der Waals surface area contributed by atoms with Crippen LogP contribution in [0.4, 0.5) is 0 Å². The van der Waals surface area contributed by atoms with E-state index in [1.807, 2.05) is 0 Å². The van der Waals surface area contributed by atoms with E-state index in [0.717, 1.165) is 4.47 Å². The lowest BCUT2D eigenvalue weighted by Crippen LogP contribution is -2.35. The third-order valence-corrected chi connectivity index (χ3v) is 2.97. The van der Waals surface area contributed by atoms with Crippen molar-refractivity contribution in [3.05, 3.63) is 28.2 Å². The highest BCUT2D eigenvalue weighted by Crippen LogP contribution is 2.23. The van der Waals surface area contributed by atoms with Crippen molar-refractivity contribution in [2.45, 2.75) is 19.5 Å². The van der Waals surface area contributed by atoms with Gasteiger partial charge in [-0.15, -0.1) is 0 Å². The first kappa shape index (κ1) is 13.0. The molecular weight excluding hydrogens is 274 g/mol. The molecule has 0 aliphatic carbocycles. The monoisotopic (exact) mass is 287 g/mol. The number of nitrogens with zero attached hydrogens (tertiary/aromatic N) is 1. The fraction of sp³-hybridized carbons (Fsp3) is 0.364. The molecule has 1 aromatic carbocycles. The van der Waals surface area contributed by atoms with Gasteiger partial charge in [0, 0.05) is 16.6 Å². The van der Waals surface area contributed by atoms with Gasteiger partial charge in [-0.3, -0.25) is 9.69 Å². The van der Waals surface area contributed by atoms with Gasteiger partial charge in [-0.1, -0.05) is 15.9 Å². The number of hydrogen-bond acceptors (Lipinski definition) is 3. The molecule has 0 saturated carbocycles. The maximum atomic E-state index is 10.8. The molecule has 1 unspecified atom stereocenters. The van der Waals surface area contributed by atoms with E-state index in [2.05, 4.69) is 15.9 Å². The second kappa shape index (κ2) is 5.32. The number of rotatable bonds is 4. The Morgan fingerprint density at radius 1 is 1.56 bits per heavy atom. The summed E-state index contributed by atoms with van der Waals surface area (Å²) in [7, 11) is 1.71. The molecule has 0 aliphatic rings. The summed E-state index contributed by atoms with van der Waals surface area (Å²) >= 11 is 3.31. The molecule has 1 aromatic rings. The van der Waals surface area contributed by atoms with E-state index in [9.17, 15) is 9.90 Å². The SMILES string of the molecule is CC(C(=O)O)N(C)Cc1cc(Br)ccc1O. The van der Waals surface area contributed by atoms with Crippen LogP contribution in [0.15, 0.2) is 22.7 Å². The molecule has 5 heteroatoms. The summed E-state index contributed by atoms with van der Waals surface area (Å²) in [6, 6.07) is 4.51. The smallest absolute Gasteiger partial charge is 0.320 e.